The molecule has 0 amide bonds. The first-order chi connectivity index (χ1) is 11.3. The number of benzene rings is 1. The van der Waals surface area contributed by atoms with Crippen molar-refractivity contribution in [3.63, 3.8) is 0 Å². The zero-order valence-electron chi connectivity index (χ0n) is 13.3. The monoisotopic (exact) mass is 304 g/mol. The predicted molar refractivity (Wildman–Crippen MR) is 93.4 cm³/mol. The zero-order chi connectivity index (χ0) is 15.6. The summed E-state index contributed by atoms with van der Waals surface area (Å²) in [6.45, 7) is 3.36. The first-order valence-electron chi connectivity index (χ1n) is 8.27. The Balaban J connectivity index is 1.91. The number of hydrogen-bond acceptors (Lipinski definition) is 4. The number of rotatable bonds is 2. The Hall–Kier alpha value is -2.49. The SMILES string of the molecule is C[C@H]1CCCCN1c1nc(-c2cccnc2)nc2ccccc12. The van der Waals surface area contributed by atoms with Gasteiger partial charge in [0.15, 0.2) is 5.82 Å². The maximum atomic E-state index is 4.92. The summed E-state index contributed by atoms with van der Waals surface area (Å²) >= 11 is 0. The molecule has 1 saturated heterocycles. The first kappa shape index (κ1) is 14.1. The van der Waals surface area contributed by atoms with E-state index >= 15 is 0 Å². The number of fused-ring (bicyclic) bond motifs is 1. The average Bonchev–Trinajstić information content (AvgIpc) is 2.62. The van der Waals surface area contributed by atoms with Gasteiger partial charge in [-0.05, 0) is 50.5 Å². The van der Waals surface area contributed by atoms with E-state index in [1.165, 1.54) is 19.3 Å². The average molecular weight is 304 g/mol. The molecule has 1 aromatic carbocycles. The highest BCUT2D eigenvalue weighted by Crippen LogP contribution is 2.31. The highest BCUT2D eigenvalue weighted by Gasteiger charge is 2.22. The Morgan fingerprint density at radius 2 is 1.96 bits per heavy atom. The van der Waals surface area contributed by atoms with Gasteiger partial charge in [0, 0.05) is 35.9 Å². The Bertz CT molecular complexity index is 816. The molecule has 4 nitrogen and oxygen atoms in total. The summed E-state index contributed by atoms with van der Waals surface area (Å²) < 4.78 is 0. The molecule has 1 aliphatic rings. The van der Waals surface area contributed by atoms with E-state index in [1.807, 2.05) is 24.4 Å². The quantitative estimate of drug-likeness (QED) is 0.715. The molecular formula is C19H20N4. The standard InChI is InChI=1S/C19H20N4/c1-14-7-4-5-12-23(14)19-16-9-2-3-10-17(16)21-18(22-19)15-8-6-11-20-13-15/h2-3,6,8-11,13-14H,4-5,7,12H2,1H3/t14-/m0/s1. The highest BCUT2D eigenvalue weighted by atomic mass is 15.2. The minimum Gasteiger partial charge on any atom is -0.353 e. The minimum absolute atomic E-state index is 0.517. The van der Waals surface area contributed by atoms with Gasteiger partial charge in [-0.25, -0.2) is 9.97 Å². The summed E-state index contributed by atoms with van der Waals surface area (Å²) in [6, 6.07) is 12.7. The molecule has 1 fully saturated rings. The molecular weight excluding hydrogens is 284 g/mol. The van der Waals surface area contributed by atoms with E-state index in [4.69, 9.17) is 9.97 Å². The molecule has 0 radical (unpaired) electrons. The topological polar surface area (TPSA) is 41.9 Å². The summed E-state index contributed by atoms with van der Waals surface area (Å²) in [5, 5.41) is 1.13. The van der Waals surface area contributed by atoms with Crippen molar-refractivity contribution in [2.24, 2.45) is 0 Å². The fourth-order valence-corrected chi connectivity index (χ4v) is 3.32. The van der Waals surface area contributed by atoms with Crippen molar-refractivity contribution < 1.29 is 0 Å². The van der Waals surface area contributed by atoms with E-state index in [-0.39, 0.29) is 0 Å². The van der Waals surface area contributed by atoms with Gasteiger partial charge in [-0.1, -0.05) is 12.1 Å². The molecule has 0 spiro atoms. The summed E-state index contributed by atoms with van der Waals surface area (Å²) in [7, 11) is 0. The molecule has 116 valence electrons. The fourth-order valence-electron chi connectivity index (χ4n) is 3.32. The number of para-hydroxylation sites is 1. The van der Waals surface area contributed by atoms with Crippen LogP contribution in [-0.2, 0) is 0 Å². The Kier molecular flexibility index (Phi) is 3.66. The van der Waals surface area contributed by atoms with Crippen LogP contribution in [0, 0.1) is 0 Å². The van der Waals surface area contributed by atoms with Crippen molar-refractivity contribution in [3.05, 3.63) is 48.8 Å². The first-order valence-corrected chi connectivity index (χ1v) is 8.27. The van der Waals surface area contributed by atoms with Crippen molar-refractivity contribution >= 4 is 16.7 Å². The predicted octanol–water partition coefficient (Wildman–Crippen LogP) is 4.07. The van der Waals surface area contributed by atoms with E-state index in [1.54, 1.807) is 6.20 Å². The maximum absolute atomic E-state index is 4.92. The lowest BCUT2D eigenvalue weighted by molar-refractivity contribution is 0.482. The smallest absolute Gasteiger partial charge is 0.163 e. The maximum Gasteiger partial charge on any atom is 0.163 e. The van der Waals surface area contributed by atoms with Gasteiger partial charge in [-0.3, -0.25) is 4.98 Å². The van der Waals surface area contributed by atoms with E-state index < -0.39 is 0 Å². The molecule has 3 aromatic rings. The van der Waals surface area contributed by atoms with Crippen LogP contribution in [0.1, 0.15) is 26.2 Å². The van der Waals surface area contributed by atoms with E-state index in [9.17, 15) is 0 Å². The molecule has 4 heteroatoms. The van der Waals surface area contributed by atoms with E-state index in [0.717, 1.165) is 34.7 Å². The Labute approximate surface area is 136 Å². The highest BCUT2D eigenvalue weighted by molar-refractivity contribution is 5.91. The number of nitrogens with zero attached hydrogens (tertiary/aromatic N) is 4. The normalized spacial score (nSPS) is 18.3. The molecule has 0 saturated carbocycles. The summed E-state index contributed by atoms with van der Waals surface area (Å²) in [6.07, 6.45) is 7.35. The third-order valence-electron chi connectivity index (χ3n) is 4.58. The van der Waals surface area contributed by atoms with Crippen LogP contribution in [0.4, 0.5) is 5.82 Å². The van der Waals surface area contributed by atoms with Gasteiger partial charge >= 0.3 is 0 Å². The molecule has 1 atom stereocenters. The van der Waals surface area contributed by atoms with E-state index in [2.05, 4.69) is 35.0 Å². The fraction of sp³-hybridized carbons (Fsp3) is 0.316. The van der Waals surface area contributed by atoms with Gasteiger partial charge in [0.05, 0.1) is 5.52 Å². The molecule has 0 unspecified atom stereocenters. The zero-order valence-corrected chi connectivity index (χ0v) is 13.3. The summed E-state index contributed by atoms with van der Waals surface area (Å²) in [5.41, 5.74) is 1.96. The van der Waals surface area contributed by atoms with Crippen LogP contribution in [0.15, 0.2) is 48.8 Å². The lowest BCUT2D eigenvalue weighted by atomic mass is 10.0. The minimum atomic E-state index is 0.517. The number of pyridine rings is 1. The molecule has 23 heavy (non-hydrogen) atoms. The van der Waals surface area contributed by atoms with Crippen molar-refractivity contribution in [1.29, 1.82) is 0 Å². The summed E-state index contributed by atoms with van der Waals surface area (Å²) in [5.74, 6) is 1.81. The largest absolute Gasteiger partial charge is 0.353 e. The van der Waals surface area contributed by atoms with Crippen LogP contribution in [0.25, 0.3) is 22.3 Å². The van der Waals surface area contributed by atoms with E-state index in [0.29, 0.717) is 6.04 Å². The van der Waals surface area contributed by atoms with Gasteiger partial charge in [-0.2, -0.15) is 0 Å². The second kappa shape index (κ2) is 5.95. The van der Waals surface area contributed by atoms with Gasteiger partial charge in [0.25, 0.3) is 0 Å². The van der Waals surface area contributed by atoms with Crippen molar-refractivity contribution in [2.75, 3.05) is 11.4 Å². The second-order valence-corrected chi connectivity index (χ2v) is 6.17. The third-order valence-corrected chi connectivity index (χ3v) is 4.58. The van der Waals surface area contributed by atoms with Crippen molar-refractivity contribution in [2.45, 2.75) is 32.2 Å². The number of anilines is 1. The second-order valence-electron chi connectivity index (χ2n) is 6.17. The van der Waals surface area contributed by atoms with Crippen LogP contribution in [-0.4, -0.2) is 27.5 Å². The molecule has 0 bridgehead atoms. The molecule has 0 N–H and O–H groups in total. The Morgan fingerprint density at radius 1 is 1.04 bits per heavy atom. The number of piperidine rings is 1. The van der Waals surface area contributed by atoms with Crippen LogP contribution in [0.2, 0.25) is 0 Å². The van der Waals surface area contributed by atoms with Gasteiger partial charge in [0.2, 0.25) is 0 Å². The molecule has 1 aliphatic heterocycles. The molecule has 0 aliphatic carbocycles. The van der Waals surface area contributed by atoms with Crippen LogP contribution in [0.3, 0.4) is 0 Å². The van der Waals surface area contributed by atoms with Crippen LogP contribution in [0.5, 0.6) is 0 Å². The molecule has 4 rings (SSSR count). The van der Waals surface area contributed by atoms with Gasteiger partial charge in [0.1, 0.15) is 5.82 Å². The van der Waals surface area contributed by atoms with Crippen molar-refractivity contribution in [1.82, 2.24) is 15.0 Å². The Morgan fingerprint density at radius 3 is 2.78 bits per heavy atom. The van der Waals surface area contributed by atoms with Gasteiger partial charge < -0.3 is 4.90 Å². The third kappa shape index (κ3) is 2.65. The lowest BCUT2D eigenvalue weighted by Crippen LogP contribution is -2.38. The molecule has 2 aromatic heterocycles. The lowest BCUT2D eigenvalue weighted by Gasteiger charge is -2.35. The van der Waals surface area contributed by atoms with Crippen LogP contribution < -0.4 is 4.90 Å². The van der Waals surface area contributed by atoms with Crippen molar-refractivity contribution in [3.8, 4) is 11.4 Å². The summed E-state index contributed by atoms with van der Waals surface area (Å²) in [4.78, 5) is 16.3. The number of hydrogen-bond donors (Lipinski definition) is 0. The number of aromatic nitrogens is 3. The molecule has 3 heterocycles. The van der Waals surface area contributed by atoms with Gasteiger partial charge in [-0.15, -0.1) is 0 Å². The van der Waals surface area contributed by atoms with Crippen LogP contribution >= 0.6 is 0 Å².